The molecule has 0 saturated heterocycles. The summed E-state index contributed by atoms with van der Waals surface area (Å²) in [4.78, 5) is 29.3. The van der Waals surface area contributed by atoms with Gasteiger partial charge in [-0.3, -0.25) is 19.9 Å². The van der Waals surface area contributed by atoms with Gasteiger partial charge in [0.05, 0.1) is 29.0 Å². The van der Waals surface area contributed by atoms with Crippen molar-refractivity contribution in [2.75, 3.05) is 5.32 Å². The number of aromatic nitrogens is 1. The number of carbonyl (C=O) groups excluding carboxylic acids is 1. The van der Waals surface area contributed by atoms with Crippen LogP contribution in [-0.4, -0.2) is 20.7 Å². The first-order valence-electron chi connectivity index (χ1n) is 7.93. The van der Waals surface area contributed by atoms with Crippen LogP contribution in [0.15, 0.2) is 65.4 Å². The van der Waals surface area contributed by atoms with Gasteiger partial charge in [-0.15, -0.1) is 0 Å². The van der Waals surface area contributed by atoms with Crippen LogP contribution in [0.25, 0.3) is 0 Å². The van der Waals surface area contributed by atoms with Crippen LogP contribution < -0.4 is 5.32 Å². The van der Waals surface area contributed by atoms with E-state index in [-0.39, 0.29) is 18.1 Å². The number of anilines is 1. The van der Waals surface area contributed by atoms with Gasteiger partial charge in [0, 0.05) is 24.0 Å². The Balaban J connectivity index is 1.69. The predicted molar refractivity (Wildman–Crippen MR) is 92.3 cm³/mol. The van der Waals surface area contributed by atoms with Gasteiger partial charge in [0.2, 0.25) is 0 Å². The van der Waals surface area contributed by atoms with Crippen LogP contribution in [0.2, 0.25) is 0 Å². The zero-order valence-electron chi connectivity index (χ0n) is 13.5. The quantitative estimate of drug-likeness (QED) is 0.559. The van der Waals surface area contributed by atoms with E-state index in [0.717, 1.165) is 0 Å². The number of amides is 1. The molecule has 0 fully saturated rings. The number of carbonyl (C=O) groups is 1. The highest BCUT2D eigenvalue weighted by atomic mass is 16.6. The van der Waals surface area contributed by atoms with E-state index in [2.05, 4.69) is 10.3 Å². The summed E-state index contributed by atoms with van der Waals surface area (Å²) in [6.45, 7) is 0.259. The molecule has 0 bridgehead atoms. The molecular weight excluding hydrogens is 336 g/mol. The molecule has 1 aliphatic rings. The number of furan rings is 1. The Bertz CT molecular complexity index is 971. The van der Waals surface area contributed by atoms with Crippen molar-refractivity contribution in [3.05, 3.63) is 88.1 Å². The number of nitrogens with zero attached hydrogens (tertiary/aromatic N) is 3. The first-order chi connectivity index (χ1) is 12.6. The normalized spacial score (nSPS) is 15.8. The molecule has 0 radical (unpaired) electrons. The van der Waals surface area contributed by atoms with Gasteiger partial charge in [0.15, 0.2) is 0 Å². The molecular formula is C18H14N4O4. The van der Waals surface area contributed by atoms with E-state index in [1.54, 1.807) is 53.8 Å². The lowest BCUT2D eigenvalue weighted by Crippen LogP contribution is -2.32. The van der Waals surface area contributed by atoms with Crippen molar-refractivity contribution in [3.63, 3.8) is 0 Å². The monoisotopic (exact) mass is 350 g/mol. The highest BCUT2D eigenvalue weighted by Gasteiger charge is 2.38. The number of rotatable bonds is 5. The molecule has 1 aromatic carbocycles. The SMILES string of the molecule is O=C1c2cccnc2[C@H](Nc2cccc([N+](=O)[O-])c2)N1Cc1ccco1. The maximum Gasteiger partial charge on any atom is 0.271 e. The molecule has 0 saturated carbocycles. The fourth-order valence-electron chi connectivity index (χ4n) is 2.98. The third-order valence-corrected chi connectivity index (χ3v) is 4.17. The number of nitrogens with one attached hydrogen (secondary N) is 1. The number of nitro benzene ring substituents is 1. The molecule has 130 valence electrons. The molecule has 8 nitrogen and oxygen atoms in total. The van der Waals surface area contributed by atoms with Gasteiger partial charge in [-0.25, -0.2) is 0 Å². The first-order valence-corrected chi connectivity index (χ1v) is 7.93. The number of hydrogen-bond donors (Lipinski definition) is 1. The van der Waals surface area contributed by atoms with E-state index in [4.69, 9.17) is 4.42 Å². The second-order valence-corrected chi connectivity index (χ2v) is 5.80. The minimum absolute atomic E-state index is 0.0295. The van der Waals surface area contributed by atoms with Gasteiger partial charge < -0.3 is 14.6 Å². The van der Waals surface area contributed by atoms with Crippen LogP contribution >= 0.6 is 0 Å². The molecule has 0 unspecified atom stereocenters. The maximum atomic E-state index is 12.8. The van der Waals surface area contributed by atoms with Crippen LogP contribution in [0.4, 0.5) is 11.4 Å². The number of hydrogen-bond acceptors (Lipinski definition) is 6. The lowest BCUT2D eigenvalue weighted by Gasteiger charge is -2.25. The van der Waals surface area contributed by atoms with Crippen molar-refractivity contribution in [1.82, 2.24) is 9.88 Å². The van der Waals surface area contributed by atoms with Crippen LogP contribution in [0.1, 0.15) is 28.0 Å². The Kier molecular flexibility index (Phi) is 3.85. The Morgan fingerprint density at radius 1 is 1.23 bits per heavy atom. The fourth-order valence-corrected chi connectivity index (χ4v) is 2.98. The van der Waals surface area contributed by atoms with Gasteiger partial charge in [0.1, 0.15) is 11.9 Å². The van der Waals surface area contributed by atoms with E-state index in [9.17, 15) is 14.9 Å². The molecule has 26 heavy (non-hydrogen) atoms. The van der Waals surface area contributed by atoms with Gasteiger partial charge in [0.25, 0.3) is 11.6 Å². The van der Waals surface area contributed by atoms with Gasteiger partial charge in [-0.05, 0) is 30.3 Å². The van der Waals surface area contributed by atoms with Gasteiger partial charge >= 0.3 is 0 Å². The largest absolute Gasteiger partial charge is 0.467 e. The summed E-state index contributed by atoms with van der Waals surface area (Å²) in [7, 11) is 0. The van der Waals surface area contributed by atoms with Crippen LogP contribution in [0.5, 0.6) is 0 Å². The number of pyridine rings is 1. The highest BCUT2D eigenvalue weighted by molar-refractivity contribution is 5.98. The van der Waals surface area contributed by atoms with E-state index >= 15 is 0 Å². The van der Waals surface area contributed by atoms with Crippen molar-refractivity contribution < 1.29 is 14.1 Å². The summed E-state index contributed by atoms with van der Waals surface area (Å²) in [6, 6.07) is 13.1. The number of non-ortho nitro benzene ring substituents is 1. The topological polar surface area (TPSA) is 102 Å². The molecule has 1 aliphatic heterocycles. The van der Waals surface area contributed by atoms with Crippen LogP contribution in [-0.2, 0) is 6.54 Å². The molecule has 3 aromatic rings. The zero-order valence-corrected chi connectivity index (χ0v) is 13.5. The average molecular weight is 350 g/mol. The van der Waals surface area contributed by atoms with Crippen LogP contribution in [0, 0.1) is 10.1 Å². The molecule has 8 heteroatoms. The van der Waals surface area contributed by atoms with Crippen molar-refractivity contribution in [2.45, 2.75) is 12.7 Å². The molecule has 2 aromatic heterocycles. The summed E-state index contributed by atoms with van der Waals surface area (Å²) < 4.78 is 5.36. The van der Waals surface area contributed by atoms with E-state index in [1.165, 1.54) is 12.1 Å². The van der Waals surface area contributed by atoms with E-state index in [0.29, 0.717) is 22.7 Å². The first kappa shape index (κ1) is 15.8. The Morgan fingerprint density at radius 3 is 2.88 bits per heavy atom. The molecule has 3 heterocycles. The minimum Gasteiger partial charge on any atom is -0.467 e. The summed E-state index contributed by atoms with van der Waals surface area (Å²) >= 11 is 0. The molecule has 1 N–H and O–H groups in total. The van der Waals surface area contributed by atoms with Crippen molar-refractivity contribution in [1.29, 1.82) is 0 Å². The lowest BCUT2D eigenvalue weighted by atomic mass is 10.2. The average Bonchev–Trinajstić information content (AvgIpc) is 3.25. The molecule has 1 atom stereocenters. The third kappa shape index (κ3) is 2.77. The number of nitro groups is 1. The summed E-state index contributed by atoms with van der Waals surface area (Å²) in [5, 5.41) is 14.2. The van der Waals surface area contributed by atoms with Crippen molar-refractivity contribution in [3.8, 4) is 0 Å². The van der Waals surface area contributed by atoms with E-state index < -0.39 is 11.1 Å². The second-order valence-electron chi connectivity index (χ2n) is 5.80. The number of fused-ring (bicyclic) bond motifs is 1. The predicted octanol–water partition coefficient (Wildman–Crippen LogP) is 3.35. The summed E-state index contributed by atoms with van der Waals surface area (Å²) in [5.41, 5.74) is 1.58. The Labute approximate surface area is 148 Å². The smallest absolute Gasteiger partial charge is 0.271 e. The van der Waals surface area contributed by atoms with Gasteiger partial charge in [-0.1, -0.05) is 6.07 Å². The van der Waals surface area contributed by atoms with Crippen molar-refractivity contribution in [2.24, 2.45) is 0 Å². The molecule has 1 amide bonds. The Hall–Kier alpha value is -3.68. The lowest BCUT2D eigenvalue weighted by molar-refractivity contribution is -0.384. The summed E-state index contributed by atoms with van der Waals surface area (Å²) in [5.74, 6) is 0.462. The molecule has 4 rings (SSSR count). The standard InChI is InChI=1S/C18H14N4O4/c23-18-15-7-2-8-19-16(15)17(21(18)11-14-6-3-9-26-14)20-12-4-1-5-13(10-12)22(24)25/h1-10,17,20H,11H2/t17-/m1/s1. The molecule has 0 aliphatic carbocycles. The maximum absolute atomic E-state index is 12.8. The minimum atomic E-state index is -0.550. The third-order valence-electron chi connectivity index (χ3n) is 4.17. The van der Waals surface area contributed by atoms with Crippen LogP contribution in [0.3, 0.4) is 0 Å². The van der Waals surface area contributed by atoms with E-state index in [1.807, 2.05) is 0 Å². The highest BCUT2D eigenvalue weighted by Crippen LogP contribution is 2.34. The second kappa shape index (κ2) is 6.32. The summed E-state index contributed by atoms with van der Waals surface area (Å²) in [6.07, 6.45) is 2.61. The van der Waals surface area contributed by atoms with Crippen molar-refractivity contribution >= 4 is 17.3 Å². The Morgan fingerprint density at radius 2 is 2.12 bits per heavy atom. The zero-order chi connectivity index (χ0) is 18.1. The molecule has 0 spiro atoms. The van der Waals surface area contributed by atoms with Gasteiger partial charge in [-0.2, -0.15) is 0 Å². The fraction of sp³-hybridized carbons (Fsp3) is 0.111. The number of benzene rings is 1.